The van der Waals surface area contributed by atoms with Gasteiger partial charge in [0.05, 0.1) is 17.5 Å². The summed E-state index contributed by atoms with van der Waals surface area (Å²) >= 11 is 0. The van der Waals surface area contributed by atoms with Gasteiger partial charge in [0.15, 0.2) is 11.5 Å². The van der Waals surface area contributed by atoms with Crippen LogP contribution in [0.4, 0.5) is 13.2 Å². The second kappa shape index (κ2) is 8.86. The van der Waals surface area contributed by atoms with Crippen molar-refractivity contribution in [3.05, 3.63) is 81.7 Å². The number of benzene rings is 1. The summed E-state index contributed by atoms with van der Waals surface area (Å²) in [7, 11) is 0. The number of aromatic nitrogens is 2. The Labute approximate surface area is 173 Å². The molecule has 0 saturated carbocycles. The summed E-state index contributed by atoms with van der Waals surface area (Å²) in [4.78, 5) is 36.3. The van der Waals surface area contributed by atoms with Gasteiger partial charge < -0.3 is 15.1 Å². The first-order valence-electron chi connectivity index (χ1n) is 9.06. The lowest BCUT2D eigenvalue weighted by atomic mass is 10.1. The van der Waals surface area contributed by atoms with E-state index < -0.39 is 34.7 Å². The van der Waals surface area contributed by atoms with Gasteiger partial charge in [-0.25, -0.2) is 4.68 Å². The van der Waals surface area contributed by atoms with E-state index in [4.69, 9.17) is 4.42 Å². The third kappa shape index (κ3) is 5.00. The first kappa shape index (κ1) is 21.8. The van der Waals surface area contributed by atoms with E-state index in [1.807, 2.05) is 0 Å². The molecule has 0 saturated heterocycles. The van der Waals surface area contributed by atoms with Crippen LogP contribution in [0.15, 0.2) is 57.9 Å². The van der Waals surface area contributed by atoms with Gasteiger partial charge >= 0.3 is 6.18 Å². The van der Waals surface area contributed by atoms with E-state index in [0.29, 0.717) is 0 Å². The van der Waals surface area contributed by atoms with Crippen LogP contribution >= 0.6 is 0 Å². The highest BCUT2D eigenvalue weighted by atomic mass is 19.4. The standard InChI is InChI=1S/C20H17F3N4O4/c1-12-11-15(28)17(19(30)25-9-8-24-18(29)16-7-4-10-31-16)26-27(12)14-6-3-2-5-13(14)20(21,22)23/h2-7,10-11H,8-9H2,1H3,(H,24,29)(H,25,30). The van der Waals surface area contributed by atoms with Gasteiger partial charge in [-0.05, 0) is 31.2 Å². The fourth-order valence-corrected chi connectivity index (χ4v) is 2.78. The number of hydrogen-bond donors (Lipinski definition) is 2. The summed E-state index contributed by atoms with van der Waals surface area (Å²) in [5.74, 6) is -1.27. The maximum atomic E-state index is 13.4. The molecule has 11 heteroatoms. The molecular formula is C20H17F3N4O4. The Bertz CT molecular complexity index is 1150. The van der Waals surface area contributed by atoms with Crippen molar-refractivity contribution in [1.82, 2.24) is 20.4 Å². The topological polar surface area (TPSA) is 106 Å². The second-order valence-corrected chi connectivity index (χ2v) is 6.41. The number of halogens is 3. The molecule has 0 aliphatic heterocycles. The molecule has 162 valence electrons. The van der Waals surface area contributed by atoms with Crippen molar-refractivity contribution in [2.24, 2.45) is 0 Å². The number of rotatable bonds is 6. The third-order valence-electron chi connectivity index (χ3n) is 4.20. The molecule has 0 atom stereocenters. The molecule has 3 rings (SSSR count). The van der Waals surface area contributed by atoms with Crippen molar-refractivity contribution >= 4 is 11.8 Å². The van der Waals surface area contributed by atoms with Crippen LogP contribution in [0.3, 0.4) is 0 Å². The Morgan fingerprint density at radius 1 is 1.06 bits per heavy atom. The number of para-hydroxylation sites is 1. The summed E-state index contributed by atoms with van der Waals surface area (Å²) in [6.45, 7) is 1.40. The van der Waals surface area contributed by atoms with E-state index in [0.717, 1.165) is 16.8 Å². The molecule has 0 fully saturated rings. The monoisotopic (exact) mass is 434 g/mol. The van der Waals surface area contributed by atoms with Gasteiger partial charge in [-0.3, -0.25) is 14.4 Å². The van der Waals surface area contributed by atoms with Crippen molar-refractivity contribution in [2.45, 2.75) is 13.1 Å². The molecule has 0 bridgehead atoms. The van der Waals surface area contributed by atoms with Gasteiger partial charge in [-0.15, -0.1) is 0 Å². The average Bonchev–Trinajstić information content (AvgIpc) is 3.25. The minimum Gasteiger partial charge on any atom is -0.459 e. The number of furan rings is 1. The van der Waals surface area contributed by atoms with Gasteiger partial charge in [-0.2, -0.15) is 18.3 Å². The number of nitrogens with zero attached hydrogens (tertiary/aromatic N) is 2. The van der Waals surface area contributed by atoms with Crippen molar-refractivity contribution in [3.8, 4) is 5.69 Å². The van der Waals surface area contributed by atoms with Crippen molar-refractivity contribution < 1.29 is 27.2 Å². The van der Waals surface area contributed by atoms with Gasteiger partial charge in [0.2, 0.25) is 5.43 Å². The number of hydrogen-bond acceptors (Lipinski definition) is 5. The highest BCUT2D eigenvalue weighted by molar-refractivity contribution is 5.92. The van der Waals surface area contributed by atoms with Crippen molar-refractivity contribution in [3.63, 3.8) is 0 Å². The van der Waals surface area contributed by atoms with Crippen LogP contribution in [-0.4, -0.2) is 34.7 Å². The Hall–Kier alpha value is -3.89. The number of carbonyl (C=O) groups excluding carboxylic acids is 2. The number of alkyl halides is 3. The molecule has 0 radical (unpaired) electrons. The molecule has 2 heterocycles. The minimum atomic E-state index is -4.65. The molecule has 3 aromatic rings. The Morgan fingerprint density at radius 3 is 2.39 bits per heavy atom. The van der Waals surface area contributed by atoms with Crippen molar-refractivity contribution in [2.75, 3.05) is 13.1 Å². The summed E-state index contributed by atoms with van der Waals surface area (Å²) in [6, 6.07) is 8.75. The van der Waals surface area contributed by atoms with Crippen LogP contribution in [0.2, 0.25) is 0 Å². The predicted octanol–water partition coefficient (Wildman–Crippen LogP) is 2.31. The smallest absolute Gasteiger partial charge is 0.418 e. The average molecular weight is 434 g/mol. The van der Waals surface area contributed by atoms with Crippen LogP contribution in [0, 0.1) is 6.92 Å². The number of carbonyl (C=O) groups is 2. The second-order valence-electron chi connectivity index (χ2n) is 6.41. The summed E-state index contributed by atoms with van der Waals surface area (Å²) in [6.07, 6.45) is -3.32. The zero-order valence-corrected chi connectivity index (χ0v) is 16.2. The molecular weight excluding hydrogens is 417 g/mol. The van der Waals surface area contributed by atoms with Crippen molar-refractivity contribution in [1.29, 1.82) is 0 Å². The fraction of sp³-hybridized carbons (Fsp3) is 0.200. The van der Waals surface area contributed by atoms with E-state index in [9.17, 15) is 27.6 Å². The molecule has 0 aliphatic rings. The molecule has 0 aliphatic carbocycles. The van der Waals surface area contributed by atoms with E-state index >= 15 is 0 Å². The van der Waals surface area contributed by atoms with Gasteiger partial charge in [0.1, 0.15) is 0 Å². The van der Waals surface area contributed by atoms with E-state index in [2.05, 4.69) is 15.7 Å². The fourth-order valence-electron chi connectivity index (χ4n) is 2.78. The maximum absolute atomic E-state index is 13.4. The molecule has 1 aromatic carbocycles. The summed E-state index contributed by atoms with van der Waals surface area (Å²) in [5.41, 5.74) is -2.45. The van der Waals surface area contributed by atoms with Gasteiger partial charge in [0, 0.05) is 24.8 Å². The Morgan fingerprint density at radius 2 is 1.74 bits per heavy atom. The number of aryl methyl sites for hydroxylation is 1. The third-order valence-corrected chi connectivity index (χ3v) is 4.20. The van der Waals surface area contributed by atoms with Gasteiger partial charge in [-0.1, -0.05) is 12.1 Å². The quantitative estimate of drug-likeness (QED) is 0.579. The number of amides is 2. The first-order chi connectivity index (χ1) is 14.7. The molecule has 2 aromatic heterocycles. The van der Waals surface area contributed by atoms with Gasteiger partial charge in [0.25, 0.3) is 11.8 Å². The van der Waals surface area contributed by atoms with Crippen LogP contribution in [0.1, 0.15) is 32.3 Å². The minimum absolute atomic E-state index is 0.0300. The lowest BCUT2D eigenvalue weighted by molar-refractivity contribution is -0.137. The zero-order valence-electron chi connectivity index (χ0n) is 16.2. The van der Waals surface area contributed by atoms with Crippen LogP contribution < -0.4 is 16.1 Å². The highest BCUT2D eigenvalue weighted by Crippen LogP contribution is 2.33. The Kier molecular flexibility index (Phi) is 6.23. The van der Waals surface area contributed by atoms with Crippen LogP contribution in [-0.2, 0) is 6.18 Å². The molecule has 2 N–H and O–H groups in total. The molecule has 31 heavy (non-hydrogen) atoms. The molecule has 2 amide bonds. The lowest BCUT2D eigenvalue weighted by Gasteiger charge is -2.16. The largest absolute Gasteiger partial charge is 0.459 e. The first-order valence-corrected chi connectivity index (χ1v) is 9.06. The molecule has 0 unspecified atom stereocenters. The lowest BCUT2D eigenvalue weighted by Crippen LogP contribution is -2.37. The van der Waals surface area contributed by atoms with E-state index in [1.54, 1.807) is 6.07 Å². The highest BCUT2D eigenvalue weighted by Gasteiger charge is 2.34. The Balaban J connectivity index is 1.76. The summed E-state index contributed by atoms with van der Waals surface area (Å²) in [5, 5.41) is 8.76. The molecule has 0 spiro atoms. The molecule has 8 nitrogen and oxygen atoms in total. The van der Waals surface area contributed by atoms with E-state index in [1.165, 1.54) is 37.5 Å². The number of nitrogens with one attached hydrogen (secondary N) is 2. The van der Waals surface area contributed by atoms with Crippen LogP contribution in [0.25, 0.3) is 5.69 Å². The normalized spacial score (nSPS) is 11.2. The van der Waals surface area contributed by atoms with Crippen LogP contribution in [0.5, 0.6) is 0 Å². The maximum Gasteiger partial charge on any atom is 0.418 e. The predicted molar refractivity (Wildman–Crippen MR) is 103 cm³/mol. The zero-order chi connectivity index (χ0) is 22.6. The van der Waals surface area contributed by atoms with E-state index in [-0.39, 0.29) is 30.2 Å². The SMILES string of the molecule is Cc1cc(=O)c(C(=O)NCCNC(=O)c2ccco2)nn1-c1ccccc1C(F)(F)F. The summed E-state index contributed by atoms with van der Waals surface area (Å²) < 4.78 is 45.9.